The highest BCUT2D eigenvalue weighted by Gasteiger charge is 2.27. The second-order valence-corrected chi connectivity index (χ2v) is 10.2. The Morgan fingerprint density at radius 3 is 2.33 bits per heavy atom. The van der Waals surface area contributed by atoms with E-state index in [9.17, 15) is 4.39 Å². The van der Waals surface area contributed by atoms with Crippen LogP contribution in [0.4, 0.5) is 4.39 Å². The van der Waals surface area contributed by atoms with Crippen LogP contribution in [0.1, 0.15) is 33.1 Å². The predicted octanol–water partition coefficient (Wildman–Crippen LogP) is 4.48. The number of hydrogen-bond donors (Lipinski definition) is 0. The normalized spacial score (nSPS) is 23.5. The van der Waals surface area contributed by atoms with E-state index in [1.54, 1.807) is 0 Å². The Bertz CT molecular complexity index is 253. The Kier molecular flexibility index (Phi) is 3.98. The van der Waals surface area contributed by atoms with Gasteiger partial charge in [-0.15, -0.1) is 0 Å². The molecule has 15 heavy (non-hydrogen) atoms. The summed E-state index contributed by atoms with van der Waals surface area (Å²) in [6, 6.07) is 0. The molecule has 0 bridgehead atoms. The van der Waals surface area contributed by atoms with Crippen LogP contribution in [0.15, 0.2) is 11.6 Å². The van der Waals surface area contributed by atoms with Crippen LogP contribution in [0.5, 0.6) is 0 Å². The molecule has 0 aromatic carbocycles. The van der Waals surface area contributed by atoms with Gasteiger partial charge < -0.3 is 4.43 Å². The summed E-state index contributed by atoms with van der Waals surface area (Å²) in [6.07, 6.45) is 2.45. The molecule has 0 N–H and O–H groups in total. The van der Waals surface area contributed by atoms with Crippen LogP contribution in [0.2, 0.25) is 19.6 Å². The van der Waals surface area contributed by atoms with E-state index in [0.717, 1.165) is 12.8 Å². The molecule has 1 nitrogen and oxygen atoms in total. The zero-order chi connectivity index (χ0) is 11.6. The van der Waals surface area contributed by atoms with Crippen molar-refractivity contribution in [1.29, 1.82) is 0 Å². The molecule has 1 unspecified atom stereocenters. The molecule has 1 aliphatic carbocycles. The van der Waals surface area contributed by atoms with Crippen LogP contribution in [0.3, 0.4) is 0 Å². The van der Waals surface area contributed by atoms with E-state index in [1.807, 2.05) is 0 Å². The summed E-state index contributed by atoms with van der Waals surface area (Å²) < 4.78 is 19.5. The van der Waals surface area contributed by atoms with Gasteiger partial charge in [0.2, 0.25) is 8.32 Å². The van der Waals surface area contributed by atoms with Gasteiger partial charge in [-0.25, -0.2) is 4.39 Å². The van der Waals surface area contributed by atoms with Crippen molar-refractivity contribution < 1.29 is 8.82 Å². The molecule has 0 saturated heterocycles. The first-order valence-corrected chi connectivity index (χ1v) is 9.27. The van der Waals surface area contributed by atoms with Crippen LogP contribution in [-0.4, -0.2) is 8.32 Å². The SMILES string of the molecule is CC(C)C1CCC(O[Si](C)(C)C)=C(F)C1. The molecule has 0 fully saturated rings. The maximum Gasteiger partial charge on any atom is 0.241 e. The average Bonchev–Trinajstić information content (AvgIpc) is 2.05. The molecule has 0 saturated carbocycles. The lowest BCUT2D eigenvalue weighted by atomic mass is 9.84. The minimum atomic E-state index is -1.63. The van der Waals surface area contributed by atoms with Gasteiger partial charge in [0.05, 0.1) is 0 Å². The first-order chi connectivity index (χ1) is 6.79. The monoisotopic (exact) mass is 230 g/mol. The Morgan fingerprint density at radius 1 is 1.33 bits per heavy atom. The first kappa shape index (κ1) is 12.8. The summed E-state index contributed by atoms with van der Waals surface area (Å²) in [7, 11) is -1.63. The summed E-state index contributed by atoms with van der Waals surface area (Å²) >= 11 is 0. The van der Waals surface area contributed by atoms with Crippen molar-refractivity contribution in [2.45, 2.75) is 52.8 Å². The highest BCUT2D eigenvalue weighted by Crippen LogP contribution is 2.35. The molecule has 1 rings (SSSR count). The molecular formula is C12H23FOSi. The van der Waals surface area contributed by atoms with E-state index in [0.29, 0.717) is 24.0 Å². The van der Waals surface area contributed by atoms with Gasteiger partial charge in [0.15, 0.2) is 0 Å². The number of halogens is 1. The molecule has 0 radical (unpaired) electrons. The molecule has 0 aromatic heterocycles. The molecular weight excluding hydrogens is 207 g/mol. The predicted molar refractivity (Wildman–Crippen MR) is 64.7 cm³/mol. The molecule has 0 heterocycles. The van der Waals surface area contributed by atoms with E-state index in [4.69, 9.17) is 4.43 Å². The summed E-state index contributed by atoms with van der Waals surface area (Å²) in [6.45, 7) is 10.6. The standard InChI is InChI=1S/C12H23FOSi/c1-9(2)10-6-7-12(11(13)8-10)14-15(3,4)5/h9-10H,6-8H2,1-5H3. The Hall–Kier alpha value is -0.313. The van der Waals surface area contributed by atoms with Crippen molar-refractivity contribution in [2.24, 2.45) is 11.8 Å². The molecule has 0 aromatic rings. The third-order valence-electron chi connectivity index (χ3n) is 2.86. The smallest absolute Gasteiger partial charge is 0.241 e. The van der Waals surface area contributed by atoms with Crippen molar-refractivity contribution in [3.63, 3.8) is 0 Å². The zero-order valence-electron chi connectivity index (χ0n) is 10.6. The molecule has 3 heteroatoms. The topological polar surface area (TPSA) is 9.23 Å². The number of hydrogen-bond acceptors (Lipinski definition) is 1. The van der Waals surface area contributed by atoms with Crippen LogP contribution in [0.25, 0.3) is 0 Å². The fourth-order valence-corrected chi connectivity index (χ4v) is 2.90. The van der Waals surface area contributed by atoms with Crippen LogP contribution < -0.4 is 0 Å². The fourth-order valence-electron chi connectivity index (χ4n) is 1.94. The van der Waals surface area contributed by atoms with Crippen LogP contribution in [-0.2, 0) is 4.43 Å². The maximum atomic E-state index is 13.8. The second-order valence-electron chi connectivity index (χ2n) is 5.79. The van der Waals surface area contributed by atoms with Crippen molar-refractivity contribution in [3.05, 3.63) is 11.6 Å². The Labute approximate surface area is 93.8 Å². The lowest BCUT2D eigenvalue weighted by Crippen LogP contribution is -2.27. The van der Waals surface area contributed by atoms with Gasteiger partial charge in [-0.1, -0.05) is 13.8 Å². The van der Waals surface area contributed by atoms with E-state index in [1.165, 1.54) is 0 Å². The first-order valence-electron chi connectivity index (χ1n) is 5.86. The molecule has 0 aliphatic heterocycles. The fraction of sp³-hybridized carbons (Fsp3) is 0.833. The van der Waals surface area contributed by atoms with Crippen molar-refractivity contribution in [2.75, 3.05) is 0 Å². The zero-order valence-corrected chi connectivity index (χ0v) is 11.6. The van der Waals surface area contributed by atoms with E-state index in [-0.39, 0.29) is 5.83 Å². The van der Waals surface area contributed by atoms with Gasteiger partial charge in [0, 0.05) is 12.8 Å². The van der Waals surface area contributed by atoms with Gasteiger partial charge in [0.25, 0.3) is 0 Å². The lowest BCUT2D eigenvalue weighted by Gasteiger charge is -2.30. The molecule has 0 amide bonds. The van der Waals surface area contributed by atoms with Gasteiger partial charge in [-0.2, -0.15) is 0 Å². The van der Waals surface area contributed by atoms with Crippen LogP contribution in [0, 0.1) is 11.8 Å². The van der Waals surface area contributed by atoms with E-state index in [2.05, 4.69) is 33.5 Å². The summed E-state index contributed by atoms with van der Waals surface area (Å²) in [5.41, 5.74) is 0. The van der Waals surface area contributed by atoms with Crippen LogP contribution >= 0.6 is 0 Å². The average molecular weight is 230 g/mol. The van der Waals surface area contributed by atoms with Crippen molar-refractivity contribution in [3.8, 4) is 0 Å². The van der Waals surface area contributed by atoms with Crippen molar-refractivity contribution in [1.82, 2.24) is 0 Å². The molecule has 1 atom stereocenters. The van der Waals surface area contributed by atoms with E-state index < -0.39 is 8.32 Å². The summed E-state index contributed by atoms with van der Waals surface area (Å²) in [5.74, 6) is 1.72. The number of rotatable bonds is 3. The highest BCUT2D eigenvalue weighted by atomic mass is 28.4. The Morgan fingerprint density at radius 2 is 1.93 bits per heavy atom. The third-order valence-corrected chi connectivity index (χ3v) is 3.72. The summed E-state index contributed by atoms with van der Waals surface area (Å²) in [5, 5.41) is 0. The molecule has 88 valence electrons. The van der Waals surface area contributed by atoms with Crippen molar-refractivity contribution >= 4 is 8.32 Å². The maximum absolute atomic E-state index is 13.8. The van der Waals surface area contributed by atoms with Gasteiger partial charge in [-0.05, 0) is 37.9 Å². The minimum absolute atomic E-state index is 0.00220. The Balaban J connectivity index is 2.64. The van der Waals surface area contributed by atoms with Gasteiger partial charge in [0.1, 0.15) is 11.6 Å². The minimum Gasteiger partial charge on any atom is -0.545 e. The highest BCUT2D eigenvalue weighted by molar-refractivity contribution is 6.70. The van der Waals surface area contributed by atoms with Gasteiger partial charge >= 0.3 is 0 Å². The largest absolute Gasteiger partial charge is 0.545 e. The lowest BCUT2D eigenvalue weighted by molar-refractivity contribution is 0.259. The van der Waals surface area contributed by atoms with Gasteiger partial charge in [-0.3, -0.25) is 0 Å². The third kappa shape index (κ3) is 3.97. The quantitative estimate of drug-likeness (QED) is 0.650. The molecule has 1 aliphatic rings. The van der Waals surface area contributed by atoms with E-state index >= 15 is 0 Å². The summed E-state index contributed by atoms with van der Waals surface area (Å²) in [4.78, 5) is 0. The molecule has 0 spiro atoms. The number of allylic oxidation sites excluding steroid dienone is 2. The second kappa shape index (κ2) is 4.68.